The van der Waals surface area contributed by atoms with Gasteiger partial charge in [0.05, 0.1) is 27.9 Å². The van der Waals surface area contributed by atoms with E-state index >= 15 is 0 Å². The Morgan fingerprint density at radius 1 is 0.554 bits per heavy atom. The maximum atomic E-state index is 11.5. The number of pyridine rings is 1. The maximum absolute atomic E-state index is 11.5. The highest BCUT2D eigenvalue weighted by molar-refractivity contribution is 5.98. The molecule has 0 aliphatic heterocycles. The number of hydrogen-bond donors (Lipinski definition) is 1. The Morgan fingerprint density at radius 2 is 1.20 bits per heavy atom. The minimum Gasteiger partial charge on any atom is -0.507 e. The molecule has 2 aromatic heterocycles. The van der Waals surface area contributed by atoms with Crippen molar-refractivity contribution in [3.05, 3.63) is 168 Å². The van der Waals surface area contributed by atoms with E-state index in [1.165, 1.54) is 11.1 Å². The predicted molar refractivity (Wildman–Crippen MR) is 230 cm³/mol. The summed E-state index contributed by atoms with van der Waals surface area (Å²) in [5.41, 5.74) is 13.7. The minimum atomic E-state index is -0.0684. The van der Waals surface area contributed by atoms with Crippen molar-refractivity contribution in [3.63, 3.8) is 0 Å². The Balaban J connectivity index is 1.42. The number of aromatic nitrogens is 3. The molecule has 0 spiro atoms. The van der Waals surface area contributed by atoms with Crippen LogP contribution in [0.1, 0.15) is 58.2 Å². The Bertz CT molecular complexity index is 2750. The van der Waals surface area contributed by atoms with Gasteiger partial charge in [0, 0.05) is 23.0 Å². The summed E-state index contributed by atoms with van der Waals surface area (Å²) >= 11 is 0. The molecule has 0 saturated heterocycles. The Morgan fingerprint density at radius 3 is 1.88 bits per heavy atom. The molecule has 5 heteroatoms. The zero-order valence-electron chi connectivity index (χ0n) is 32.7. The highest BCUT2D eigenvalue weighted by atomic mass is 16.3. The number of nitrogens with zero attached hydrogens (tertiary/aromatic N) is 4. The lowest BCUT2D eigenvalue weighted by Gasteiger charge is -2.26. The summed E-state index contributed by atoms with van der Waals surface area (Å²) in [5.74, 6) is 0.782. The van der Waals surface area contributed by atoms with Crippen molar-refractivity contribution in [2.45, 2.75) is 52.4 Å². The zero-order chi connectivity index (χ0) is 39.2. The van der Waals surface area contributed by atoms with E-state index in [2.05, 4.69) is 131 Å². The smallest absolute Gasteiger partial charge is 0.149 e. The van der Waals surface area contributed by atoms with Gasteiger partial charge in [-0.05, 0) is 110 Å². The molecule has 0 unspecified atom stereocenters. The fourth-order valence-electron chi connectivity index (χ4n) is 7.35. The van der Waals surface area contributed by atoms with Gasteiger partial charge in [-0.15, -0.1) is 0 Å². The third-order valence-corrected chi connectivity index (χ3v) is 10.5. The molecular weight excluding hydrogens is 685 g/mol. The van der Waals surface area contributed by atoms with Crippen molar-refractivity contribution in [3.8, 4) is 73.5 Å². The molecule has 0 atom stereocenters. The van der Waals surface area contributed by atoms with E-state index in [9.17, 15) is 10.4 Å². The summed E-state index contributed by atoms with van der Waals surface area (Å²) < 4.78 is 2.13. The first-order valence-corrected chi connectivity index (χ1v) is 19.0. The molecule has 8 rings (SSSR count). The number of phenolic OH excluding ortho intramolecular Hbond substituents is 1. The fraction of sp³-hybridized carbons (Fsp3) is 0.157. The topological polar surface area (TPSA) is 74.7 Å². The Labute approximate surface area is 329 Å². The Hall–Kier alpha value is -6.77. The molecule has 0 aliphatic carbocycles. The van der Waals surface area contributed by atoms with Gasteiger partial charge in [0.25, 0.3) is 0 Å². The number of phenols is 1. The van der Waals surface area contributed by atoms with Crippen LogP contribution in [0, 0.1) is 11.3 Å². The number of aromatic hydroxyl groups is 1. The SMILES string of the molecule is CC(C)(C)c1cc(-c2cc(-c3ncccc3C#N)cc(-c3cccc4c3nc(-c3cc(-c5ccccc5)ccc3O)n4-c3ccccc3)c2)cc(C(C)(C)C)c1. The van der Waals surface area contributed by atoms with Crippen LogP contribution in [-0.4, -0.2) is 19.6 Å². The van der Waals surface area contributed by atoms with Crippen LogP contribution < -0.4 is 0 Å². The van der Waals surface area contributed by atoms with Gasteiger partial charge in [0.2, 0.25) is 0 Å². The molecule has 8 aromatic rings. The monoisotopic (exact) mass is 728 g/mol. The number of para-hydroxylation sites is 2. The summed E-state index contributed by atoms with van der Waals surface area (Å²) in [6.07, 6.45) is 1.74. The van der Waals surface area contributed by atoms with E-state index in [1.54, 1.807) is 18.3 Å². The van der Waals surface area contributed by atoms with Crippen LogP contribution in [-0.2, 0) is 10.8 Å². The molecule has 0 bridgehead atoms. The number of fused-ring (bicyclic) bond motifs is 1. The van der Waals surface area contributed by atoms with Crippen molar-refractivity contribution in [2.75, 3.05) is 0 Å². The molecular formula is C51H44N4O. The molecule has 0 amide bonds. The largest absolute Gasteiger partial charge is 0.507 e. The van der Waals surface area contributed by atoms with Crippen LogP contribution in [0.4, 0.5) is 0 Å². The van der Waals surface area contributed by atoms with Crippen LogP contribution >= 0.6 is 0 Å². The lowest BCUT2D eigenvalue weighted by atomic mass is 9.78. The van der Waals surface area contributed by atoms with Crippen LogP contribution in [0.15, 0.2) is 152 Å². The van der Waals surface area contributed by atoms with Gasteiger partial charge >= 0.3 is 0 Å². The predicted octanol–water partition coefficient (Wildman–Crippen LogP) is 12.9. The second-order valence-corrected chi connectivity index (χ2v) is 16.5. The van der Waals surface area contributed by atoms with Gasteiger partial charge in [-0.3, -0.25) is 9.55 Å². The first-order valence-electron chi connectivity index (χ1n) is 19.0. The normalized spacial score (nSPS) is 11.8. The number of hydrogen-bond acceptors (Lipinski definition) is 4. The average molecular weight is 729 g/mol. The number of nitriles is 1. The first-order chi connectivity index (χ1) is 26.9. The molecule has 2 heterocycles. The highest BCUT2D eigenvalue weighted by Gasteiger charge is 2.24. The summed E-state index contributed by atoms with van der Waals surface area (Å²) in [7, 11) is 0. The average Bonchev–Trinajstić information content (AvgIpc) is 3.60. The third kappa shape index (κ3) is 6.87. The molecule has 1 N–H and O–H groups in total. The van der Waals surface area contributed by atoms with Crippen LogP contribution in [0.25, 0.3) is 72.7 Å². The van der Waals surface area contributed by atoms with E-state index < -0.39 is 0 Å². The second kappa shape index (κ2) is 14.1. The lowest BCUT2D eigenvalue weighted by molar-refractivity contribution is 0.477. The third-order valence-electron chi connectivity index (χ3n) is 10.5. The van der Waals surface area contributed by atoms with Gasteiger partial charge in [-0.25, -0.2) is 4.98 Å². The van der Waals surface area contributed by atoms with E-state index in [-0.39, 0.29) is 16.6 Å². The number of imidazole rings is 1. The quantitative estimate of drug-likeness (QED) is 0.185. The zero-order valence-corrected chi connectivity index (χ0v) is 32.7. The maximum Gasteiger partial charge on any atom is 0.149 e. The van der Waals surface area contributed by atoms with Crippen LogP contribution in [0.2, 0.25) is 0 Å². The van der Waals surface area contributed by atoms with Crippen LogP contribution in [0.3, 0.4) is 0 Å². The summed E-state index contributed by atoms with van der Waals surface area (Å²) in [5, 5.41) is 21.7. The van der Waals surface area contributed by atoms with Gasteiger partial charge in [0.15, 0.2) is 0 Å². The fourth-order valence-corrected chi connectivity index (χ4v) is 7.35. The number of benzene rings is 6. The first kappa shape index (κ1) is 36.2. The van der Waals surface area contributed by atoms with Gasteiger partial charge in [-0.1, -0.05) is 126 Å². The van der Waals surface area contributed by atoms with Crippen molar-refractivity contribution >= 4 is 11.0 Å². The van der Waals surface area contributed by atoms with E-state index in [0.717, 1.165) is 55.7 Å². The molecule has 56 heavy (non-hydrogen) atoms. The van der Waals surface area contributed by atoms with Crippen LogP contribution in [0.5, 0.6) is 5.75 Å². The van der Waals surface area contributed by atoms with Crippen molar-refractivity contribution in [1.82, 2.24) is 14.5 Å². The summed E-state index contributed by atoms with van der Waals surface area (Å²) in [4.78, 5) is 10.1. The Kier molecular flexibility index (Phi) is 9.14. The highest BCUT2D eigenvalue weighted by Crippen LogP contribution is 2.42. The summed E-state index contributed by atoms with van der Waals surface area (Å²) in [6.45, 7) is 13.5. The molecule has 0 saturated carbocycles. The molecule has 0 aliphatic rings. The standard InChI is InChI=1S/C51H44N4O/c1-50(2,3)40-28-37(29-41(31-40)51(4,5)6)36-25-38(27-39(26-36)47-35(32-52)17-14-24-53-47)43-20-13-21-45-48(43)54-49(55(45)42-18-11-8-12-19-42)44-30-34(22-23-46(44)56)33-15-9-7-10-16-33/h7-31,56H,1-6H3. The van der Waals surface area contributed by atoms with E-state index in [1.807, 2.05) is 54.6 Å². The lowest BCUT2D eigenvalue weighted by Crippen LogP contribution is -2.16. The van der Waals surface area contributed by atoms with Crippen molar-refractivity contribution in [2.24, 2.45) is 0 Å². The molecule has 0 fully saturated rings. The van der Waals surface area contributed by atoms with Crippen molar-refractivity contribution < 1.29 is 5.11 Å². The van der Waals surface area contributed by atoms with E-state index in [0.29, 0.717) is 22.6 Å². The molecule has 6 aromatic carbocycles. The van der Waals surface area contributed by atoms with Crippen molar-refractivity contribution in [1.29, 1.82) is 5.26 Å². The molecule has 5 nitrogen and oxygen atoms in total. The summed E-state index contributed by atoms with van der Waals surface area (Å²) in [6, 6.07) is 51.7. The molecule has 0 radical (unpaired) electrons. The molecule has 274 valence electrons. The second-order valence-electron chi connectivity index (χ2n) is 16.5. The van der Waals surface area contributed by atoms with Gasteiger partial charge in [-0.2, -0.15) is 5.26 Å². The van der Waals surface area contributed by atoms with E-state index in [4.69, 9.17) is 9.97 Å². The van der Waals surface area contributed by atoms with Gasteiger partial charge < -0.3 is 5.11 Å². The number of rotatable bonds is 6. The minimum absolute atomic E-state index is 0.0684. The van der Waals surface area contributed by atoms with Gasteiger partial charge in [0.1, 0.15) is 17.6 Å².